The van der Waals surface area contributed by atoms with E-state index in [-0.39, 0.29) is 34.1 Å². The van der Waals surface area contributed by atoms with Crippen molar-refractivity contribution in [2.24, 2.45) is 5.92 Å². The number of sulfonamides is 1. The number of methoxy groups -OCH3 is 1. The third kappa shape index (κ3) is 5.25. The summed E-state index contributed by atoms with van der Waals surface area (Å²) in [6.07, 6.45) is 0. The molecule has 9 heteroatoms. The molecular formula is C24H32N2O6S. The van der Waals surface area contributed by atoms with Gasteiger partial charge < -0.3 is 19.5 Å². The number of carbonyl (C=O) groups is 1. The van der Waals surface area contributed by atoms with Crippen LogP contribution in [0.15, 0.2) is 41.3 Å². The molecule has 1 heterocycles. The van der Waals surface area contributed by atoms with E-state index in [9.17, 15) is 13.2 Å². The van der Waals surface area contributed by atoms with E-state index in [0.29, 0.717) is 37.8 Å². The second kappa shape index (κ2) is 10.4. The van der Waals surface area contributed by atoms with Gasteiger partial charge in [-0.05, 0) is 41.8 Å². The molecule has 33 heavy (non-hydrogen) atoms. The molecule has 0 saturated carbocycles. The standard InChI is InChI=1S/C24H32N2O6S/c1-6-26(7-2)33(28,29)22-15-18(9-11-20(22)30-5)24(27)25-23(16(3)4)17-8-10-19-21(14-17)32-13-12-31-19/h8-11,14-16,23H,6-7,12-13H2,1-5H3,(H,25,27). The molecule has 3 rings (SSSR count). The smallest absolute Gasteiger partial charge is 0.251 e. The predicted octanol–water partition coefficient (Wildman–Crippen LogP) is 3.62. The van der Waals surface area contributed by atoms with E-state index >= 15 is 0 Å². The third-order valence-corrected chi connectivity index (χ3v) is 7.70. The Morgan fingerprint density at radius 1 is 1.06 bits per heavy atom. The van der Waals surface area contributed by atoms with Crippen LogP contribution in [0.3, 0.4) is 0 Å². The van der Waals surface area contributed by atoms with Gasteiger partial charge in [-0.15, -0.1) is 0 Å². The van der Waals surface area contributed by atoms with Crippen LogP contribution < -0.4 is 19.5 Å². The molecule has 0 aromatic heterocycles. The molecule has 1 aliphatic heterocycles. The van der Waals surface area contributed by atoms with Gasteiger partial charge in [0.25, 0.3) is 5.91 Å². The van der Waals surface area contributed by atoms with E-state index in [4.69, 9.17) is 14.2 Å². The van der Waals surface area contributed by atoms with Gasteiger partial charge in [0, 0.05) is 18.7 Å². The molecule has 2 aromatic rings. The molecule has 0 aliphatic carbocycles. The summed E-state index contributed by atoms with van der Waals surface area (Å²) in [6.45, 7) is 9.17. The van der Waals surface area contributed by atoms with Crippen LogP contribution >= 0.6 is 0 Å². The predicted molar refractivity (Wildman–Crippen MR) is 126 cm³/mol. The summed E-state index contributed by atoms with van der Waals surface area (Å²) in [5, 5.41) is 3.04. The normalized spacial score (nSPS) is 14.3. The molecule has 0 bridgehead atoms. The Balaban J connectivity index is 1.92. The van der Waals surface area contributed by atoms with Crippen LogP contribution in [0.25, 0.3) is 0 Å². The van der Waals surface area contributed by atoms with Crippen molar-refractivity contribution in [3.05, 3.63) is 47.5 Å². The van der Waals surface area contributed by atoms with E-state index in [2.05, 4.69) is 5.32 Å². The number of hydrogen-bond donors (Lipinski definition) is 1. The second-order valence-corrected chi connectivity index (χ2v) is 9.96. The second-order valence-electron chi connectivity index (χ2n) is 8.05. The van der Waals surface area contributed by atoms with Gasteiger partial charge in [-0.2, -0.15) is 4.31 Å². The van der Waals surface area contributed by atoms with E-state index < -0.39 is 10.0 Å². The first-order chi connectivity index (χ1) is 15.7. The number of nitrogens with one attached hydrogen (secondary N) is 1. The fourth-order valence-corrected chi connectivity index (χ4v) is 5.47. The number of fused-ring (bicyclic) bond motifs is 1. The van der Waals surface area contributed by atoms with Crippen molar-refractivity contribution in [2.75, 3.05) is 33.4 Å². The van der Waals surface area contributed by atoms with Gasteiger partial charge in [0.05, 0.1) is 13.2 Å². The summed E-state index contributed by atoms with van der Waals surface area (Å²) in [5.41, 5.74) is 1.12. The van der Waals surface area contributed by atoms with Crippen molar-refractivity contribution in [3.63, 3.8) is 0 Å². The maximum atomic E-state index is 13.2. The van der Waals surface area contributed by atoms with Crippen LogP contribution in [0.2, 0.25) is 0 Å². The highest BCUT2D eigenvalue weighted by atomic mass is 32.2. The largest absolute Gasteiger partial charge is 0.495 e. The number of amides is 1. The zero-order chi connectivity index (χ0) is 24.2. The zero-order valence-electron chi connectivity index (χ0n) is 19.8. The minimum atomic E-state index is -3.81. The lowest BCUT2D eigenvalue weighted by molar-refractivity contribution is 0.0925. The minimum Gasteiger partial charge on any atom is -0.495 e. The molecule has 1 N–H and O–H groups in total. The van der Waals surface area contributed by atoms with Crippen molar-refractivity contribution in [1.82, 2.24) is 9.62 Å². The Hall–Kier alpha value is -2.78. The Morgan fingerprint density at radius 2 is 1.73 bits per heavy atom. The van der Waals surface area contributed by atoms with Crippen molar-refractivity contribution in [1.29, 1.82) is 0 Å². The average Bonchev–Trinajstić information content (AvgIpc) is 2.82. The van der Waals surface area contributed by atoms with Crippen LogP contribution in [-0.4, -0.2) is 52.0 Å². The molecule has 180 valence electrons. The minimum absolute atomic E-state index is 0.0261. The lowest BCUT2D eigenvalue weighted by Crippen LogP contribution is -2.33. The lowest BCUT2D eigenvalue weighted by Gasteiger charge is -2.26. The summed E-state index contributed by atoms with van der Waals surface area (Å²) in [7, 11) is -2.40. The maximum Gasteiger partial charge on any atom is 0.251 e. The summed E-state index contributed by atoms with van der Waals surface area (Å²) in [4.78, 5) is 13.2. The van der Waals surface area contributed by atoms with Crippen LogP contribution in [0.5, 0.6) is 17.2 Å². The van der Waals surface area contributed by atoms with Gasteiger partial charge in [-0.3, -0.25) is 4.79 Å². The van der Waals surface area contributed by atoms with Crippen LogP contribution in [0.4, 0.5) is 0 Å². The number of carbonyl (C=O) groups excluding carboxylic acids is 1. The van der Waals surface area contributed by atoms with Crippen molar-refractivity contribution in [3.8, 4) is 17.2 Å². The lowest BCUT2D eigenvalue weighted by atomic mass is 9.95. The maximum absolute atomic E-state index is 13.2. The summed E-state index contributed by atoms with van der Waals surface area (Å²) in [5.74, 6) is 1.23. The van der Waals surface area contributed by atoms with Gasteiger partial charge >= 0.3 is 0 Å². The number of ether oxygens (including phenoxy) is 3. The highest BCUT2D eigenvalue weighted by Crippen LogP contribution is 2.35. The number of hydrogen-bond acceptors (Lipinski definition) is 6. The van der Waals surface area contributed by atoms with E-state index in [1.165, 1.54) is 23.5 Å². The SMILES string of the molecule is CCN(CC)S(=O)(=O)c1cc(C(=O)NC(c2ccc3c(c2)OCCO3)C(C)C)ccc1OC. The van der Waals surface area contributed by atoms with E-state index in [1.807, 2.05) is 32.0 Å². The summed E-state index contributed by atoms with van der Waals surface area (Å²) in [6, 6.07) is 9.78. The molecule has 0 saturated heterocycles. The van der Waals surface area contributed by atoms with Gasteiger partial charge in [0.1, 0.15) is 23.9 Å². The Kier molecular flexibility index (Phi) is 7.86. The quantitative estimate of drug-likeness (QED) is 0.594. The molecule has 1 atom stereocenters. The number of benzene rings is 2. The summed E-state index contributed by atoms with van der Waals surface area (Å²) >= 11 is 0. The van der Waals surface area contributed by atoms with E-state index in [0.717, 1.165) is 5.56 Å². The zero-order valence-corrected chi connectivity index (χ0v) is 20.6. The first-order valence-corrected chi connectivity index (χ1v) is 12.6. The molecule has 1 amide bonds. The average molecular weight is 477 g/mol. The van der Waals surface area contributed by atoms with Crippen molar-refractivity contribution >= 4 is 15.9 Å². The van der Waals surface area contributed by atoms with Gasteiger partial charge in [-0.25, -0.2) is 8.42 Å². The number of nitrogens with zero attached hydrogens (tertiary/aromatic N) is 1. The molecule has 0 radical (unpaired) electrons. The van der Waals surface area contributed by atoms with Gasteiger partial charge in [0.2, 0.25) is 10.0 Å². The monoisotopic (exact) mass is 476 g/mol. The highest BCUT2D eigenvalue weighted by molar-refractivity contribution is 7.89. The first-order valence-electron chi connectivity index (χ1n) is 11.1. The van der Waals surface area contributed by atoms with Gasteiger partial charge in [-0.1, -0.05) is 33.8 Å². The van der Waals surface area contributed by atoms with E-state index in [1.54, 1.807) is 19.9 Å². The number of rotatable bonds is 9. The molecule has 2 aromatic carbocycles. The Bertz CT molecular complexity index is 1100. The topological polar surface area (TPSA) is 94.2 Å². The molecular weight excluding hydrogens is 444 g/mol. The summed E-state index contributed by atoms with van der Waals surface area (Å²) < 4.78 is 44.1. The Labute approximate surface area is 195 Å². The van der Waals surface area contributed by atoms with Crippen molar-refractivity contribution < 1.29 is 27.4 Å². The third-order valence-electron chi connectivity index (χ3n) is 5.63. The van der Waals surface area contributed by atoms with Crippen molar-refractivity contribution in [2.45, 2.75) is 38.6 Å². The van der Waals surface area contributed by atoms with Crippen LogP contribution in [-0.2, 0) is 10.0 Å². The molecule has 8 nitrogen and oxygen atoms in total. The molecule has 0 fully saturated rings. The first kappa shape index (κ1) is 24.9. The molecule has 0 spiro atoms. The molecule has 1 unspecified atom stereocenters. The van der Waals surface area contributed by atoms with Gasteiger partial charge in [0.15, 0.2) is 11.5 Å². The fourth-order valence-electron chi connectivity index (χ4n) is 3.84. The van der Waals surface area contributed by atoms with Crippen LogP contribution in [0.1, 0.15) is 49.7 Å². The highest BCUT2D eigenvalue weighted by Gasteiger charge is 2.28. The van der Waals surface area contributed by atoms with Crippen LogP contribution in [0, 0.1) is 5.92 Å². The Morgan fingerprint density at radius 3 is 2.33 bits per heavy atom. The fraction of sp³-hybridized carbons (Fsp3) is 0.458. The molecule has 1 aliphatic rings.